The van der Waals surface area contributed by atoms with Crippen LogP contribution in [0.1, 0.15) is 93.6 Å². The van der Waals surface area contributed by atoms with E-state index in [2.05, 4.69) is 104 Å². The van der Waals surface area contributed by atoms with Gasteiger partial charge in [-0.1, -0.05) is 44.2 Å². The summed E-state index contributed by atoms with van der Waals surface area (Å²) >= 11 is 0. The van der Waals surface area contributed by atoms with E-state index >= 15 is 0 Å². The molecule has 2 atom stereocenters. The number of rotatable bonds is 5. The molecule has 4 nitrogen and oxygen atoms in total. The van der Waals surface area contributed by atoms with Crippen molar-refractivity contribution in [1.29, 1.82) is 5.41 Å². The number of aromatic nitrogens is 2. The quantitative estimate of drug-likeness (QED) is 0.158. The normalized spacial score (nSPS) is 20.1. The lowest BCUT2D eigenvalue weighted by atomic mass is 9.79. The zero-order valence-electron chi connectivity index (χ0n) is 24.1. The van der Waals surface area contributed by atoms with Gasteiger partial charge in [-0.2, -0.15) is 9.13 Å². The summed E-state index contributed by atoms with van der Waals surface area (Å²) in [5.41, 5.74) is 10.8. The molecule has 200 valence electrons. The second-order valence-electron chi connectivity index (χ2n) is 11.1. The minimum Gasteiger partial charge on any atom is -0.444 e. The zero-order chi connectivity index (χ0) is 27.8. The first kappa shape index (κ1) is 26.8. The van der Waals surface area contributed by atoms with Gasteiger partial charge in [0, 0.05) is 37.1 Å². The molecule has 39 heavy (non-hydrogen) atoms. The maximum atomic E-state index is 8.02. The van der Waals surface area contributed by atoms with Crippen molar-refractivity contribution in [2.45, 2.75) is 78.2 Å². The van der Waals surface area contributed by atoms with Crippen molar-refractivity contribution >= 4 is 17.2 Å². The Bertz CT molecular complexity index is 1510. The largest absolute Gasteiger partial charge is 0.444 e. The minimum atomic E-state index is 0.105. The molecule has 5 rings (SSSR count). The maximum absolute atomic E-state index is 8.02. The fourth-order valence-electron chi connectivity index (χ4n) is 6.78. The fraction of sp³-hybridized carbons (Fsp3) is 0.343. The third-order valence-electron chi connectivity index (χ3n) is 8.69. The van der Waals surface area contributed by atoms with E-state index in [1.54, 1.807) is 6.92 Å². The standard InChI is InChI=1S/C35H41N3O/c1-8-27(9-2)30-21-38-24(5)35-29-15-11-10-14-28(29)31-16-12-13-19-37(31)32(35)18-17-22(3)34(25(6)39-26(7)36)33(38)20-23(30)4/h10-16,19-21,27,32,35-36H,5-6,8-9,17-18H2,1-4,7H3/q+2/b34-22-,36-26?. The van der Waals surface area contributed by atoms with Gasteiger partial charge in [-0.05, 0) is 68.9 Å². The lowest BCUT2D eigenvalue weighted by molar-refractivity contribution is -0.720. The van der Waals surface area contributed by atoms with Gasteiger partial charge in [0.15, 0.2) is 30.0 Å². The monoisotopic (exact) mass is 519 g/mol. The van der Waals surface area contributed by atoms with E-state index in [4.69, 9.17) is 16.7 Å². The summed E-state index contributed by atoms with van der Waals surface area (Å²) in [6.45, 7) is 19.7. The van der Waals surface area contributed by atoms with E-state index in [0.717, 1.165) is 42.6 Å². The highest BCUT2D eigenvalue weighted by atomic mass is 16.5. The molecule has 0 spiro atoms. The van der Waals surface area contributed by atoms with Crippen LogP contribution < -0.4 is 9.13 Å². The summed E-state index contributed by atoms with van der Waals surface area (Å²) in [6, 6.07) is 17.8. The van der Waals surface area contributed by atoms with E-state index in [9.17, 15) is 0 Å². The predicted molar refractivity (Wildman–Crippen MR) is 159 cm³/mol. The van der Waals surface area contributed by atoms with Crippen LogP contribution in [0, 0.1) is 12.3 Å². The average Bonchev–Trinajstić information content (AvgIpc) is 2.96. The number of aryl methyl sites for hydroxylation is 1. The van der Waals surface area contributed by atoms with Gasteiger partial charge in [0.2, 0.25) is 11.4 Å². The Morgan fingerprint density at radius 1 is 1.08 bits per heavy atom. The molecule has 4 heteroatoms. The lowest BCUT2D eigenvalue weighted by Crippen LogP contribution is -2.51. The molecule has 0 saturated carbocycles. The van der Waals surface area contributed by atoms with Crippen molar-refractivity contribution in [3.05, 3.63) is 108 Å². The third-order valence-corrected chi connectivity index (χ3v) is 8.69. The molecule has 2 aromatic heterocycles. The zero-order valence-corrected chi connectivity index (χ0v) is 24.1. The van der Waals surface area contributed by atoms with Crippen LogP contribution >= 0.6 is 0 Å². The Morgan fingerprint density at radius 2 is 1.79 bits per heavy atom. The van der Waals surface area contributed by atoms with Crippen LogP contribution in [0.4, 0.5) is 0 Å². The van der Waals surface area contributed by atoms with Gasteiger partial charge in [-0.3, -0.25) is 5.41 Å². The highest BCUT2D eigenvalue weighted by Crippen LogP contribution is 2.45. The van der Waals surface area contributed by atoms with Crippen molar-refractivity contribution in [1.82, 2.24) is 0 Å². The number of pyridine rings is 2. The van der Waals surface area contributed by atoms with Gasteiger partial charge in [-0.15, -0.1) is 0 Å². The molecule has 0 saturated heterocycles. The van der Waals surface area contributed by atoms with Crippen LogP contribution in [0.3, 0.4) is 0 Å². The molecule has 0 fully saturated rings. The fourth-order valence-corrected chi connectivity index (χ4v) is 6.78. The number of fused-ring (bicyclic) bond motifs is 7. The van der Waals surface area contributed by atoms with E-state index in [1.165, 1.54) is 33.5 Å². The Hall–Kier alpha value is -3.79. The van der Waals surface area contributed by atoms with Gasteiger partial charge >= 0.3 is 0 Å². The number of ether oxygens (including phenoxy) is 1. The van der Waals surface area contributed by atoms with Crippen LogP contribution in [0.25, 0.3) is 22.5 Å². The molecule has 3 aromatic rings. The Morgan fingerprint density at radius 3 is 2.51 bits per heavy atom. The summed E-state index contributed by atoms with van der Waals surface area (Å²) in [6.07, 6.45) is 8.58. The summed E-state index contributed by atoms with van der Waals surface area (Å²) in [7, 11) is 0. The smallest absolute Gasteiger partial charge is 0.222 e. The number of nitrogens with one attached hydrogen (secondary N) is 1. The van der Waals surface area contributed by atoms with Crippen LogP contribution in [-0.2, 0) is 4.74 Å². The van der Waals surface area contributed by atoms with E-state index < -0.39 is 0 Å². The first-order chi connectivity index (χ1) is 18.8. The lowest BCUT2D eigenvalue weighted by Gasteiger charge is -2.29. The van der Waals surface area contributed by atoms with Crippen LogP contribution in [0.2, 0.25) is 0 Å². The SMILES string of the molecule is C=C(OC(C)=N)/C1=C(\C)CCC2C(C(=C)[n+]3cc(C(CC)CC)c(C)cc31)c1ccccc1-c1cccc[n+]12. The van der Waals surface area contributed by atoms with Crippen LogP contribution in [-0.4, -0.2) is 5.90 Å². The first-order valence-corrected chi connectivity index (χ1v) is 14.2. The van der Waals surface area contributed by atoms with Crippen LogP contribution in [0.5, 0.6) is 0 Å². The summed E-state index contributed by atoms with van der Waals surface area (Å²) in [5.74, 6) is 1.25. The Labute approximate surface area is 233 Å². The van der Waals surface area contributed by atoms with Crippen molar-refractivity contribution < 1.29 is 13.9 Å². The second-order valence-corrected chi connectivity index (χ2v) is 11.1. The highest BCUT2D eigenvalue weighted by molar-refractivity contribution is 5.81. The van der Waals surface area contributed by atoms with Crippen LogP contribution in [0.15, 0.2) is 85.4 Å². The van der Waals surface area contributed by atoms with Crippen molar-refractivity contribution in [2.75, 3.05) is 0 Å². The number of nitrogens with zero attached hydrogens (tertiary/aromatic N) is 2. The first-order valence-electron chi connectivity index (χ1n) is 14.2. The summed E-state index contributed by atoms with van der Waals surface area (Å²) < 4.78 is 10.6. The van der Waals surface area contributed by atoms with Crippen molar-refractivity contribution in [3.63, 3.8) is 0 Å². The molecule has 2 aliphatic heterocycles. The van der Waals surface area contributed by atoms with Gasteiger partial charge in [0.05, 0.1) is 11.1 Å². The predicted octanol–water partition coefficient (Wildman–Crippen LogP) is 8.04. The van der Waals surface area contributed by atoms with E-state index in [0.29, 0.717) is 11.7 Å². The van der Waals surface area contributed by atoms with Gasteiger partial charge < -0.3 is 4.74 Å². The number of hydrogen-bond acceptors (Lipinski definition) is 2. The molecule has 2 unspecified atom stereocenters. The molecule has 4 heterocycles. The second kappa shape index (κ2) is 10.8. The Kier molecular flexibility index (Phi) is 7.40. The number of allylic oxidation sites excluding steroid dienone is 3. The van der Waals surface area contributed by atoms with E-state index in [-0.39, 0.29) is 17.9 Å². The number of benzene rings is 1. The molecule has 0 aliphatic carbocycles. The van der Waals surface area contributed by atoms with E-state index in [1.807, 2.05) is 0 Å². The Balaban J connectivity index is 1.81. The molecular weight excluding hydrogens is 478 g/mol. The molecule has 0 radical (unpaired) electrons. The molecule has 1 aromatic carbocycles. The van der Waals surface area contributed by atoms with Gasteiger partial charge in [0.25, 0.3) is 0 Å². The maximum Gasteiger partial charge on any atom is 0.222 e. The third kappa shape index (κ3) is 4.67. The molecule has 0 amide bonds. The summed E-state index contributed by atoms with van der Waals surface area (Å²) in [4.78, 5) is 0. The highest BCUT2D eigenvalue weighted by Gasteiger charge is 2.46. The van der Waals surface area contributed by atoms with Crippen molar-refractivity contribution in [3.8, 4) is 11.3 Å². The molecule has 2 aliphatic rings. The van der Waals surface area contributed by atoms with Gasteiger partial charge in [0.1, 0.15) is 11.7 Å². The average molecular weight is 520 g/mol. The van der Waals surface area contributed by atoms with Crippen molar-refractivity contribution in [2.24, 2.45) is 0 Å². The summed E-state index contributed by atoms with van der Waals surface area (Å²) in [5, 5.41) is 8.02. The number of hydrogen-bond donors (Lipinski definition) is 1. The topological polar surface area (TPSA) is 40.8 Å². The molecule has 0 bridgehead atoms. The molecule has 1 N–H and O–H groups in total. The van der Waals surface area contributed by atoms with Gasteiger partial charge in [-0.25, -0.2) is 0 Å². The minimum absolute atomic E-state index is 0.105. The molecular formula is C35H41N3O+2.